The molecule has 0 radical (unpaired) electrons. The van der Waals surface area contributed by atoms with Gasteiger partial charge in [0, 0.05) is 12.6 Å². The molecule has 0 fully saturated rings. The Morgan fingerprint density at radius 2 is 2.05 bits per heavy atom. The highest BCUT2D eigenvalue weighted by Gasteiger charge is 2.09. The first-order valence-corrected chi connectivity index (χ1v) is 7.37. The first-order chi connectivity index (χ1) is 9.76. The monoisotopic (exact) mass is 304 g/mol. The minimum absolute atomic E-state index is 0.614. The molecule has 102 valence electrons. The minimum atomic E-state index is 0.614. The van der Waals surface area contributed by atoms with E-state index in [0.717, 1.165) is 27.6 Å². The van der Waals surface area contributed by atoms with Crippen LogP contribution >= 0.6 is 22.9 Å². The van der Waals surface area contributed by atoms with Crippen LogP contribution in [0.5, 0.6) is 5.75 Å². The lowest BCUT2D eigenvalue weighted by atomic mass is 10.2. The van der Waals surface area contributed by atoms with E-state index in [9.17, 15) is 0 Å². The number of halogens is 1. The minimum Gasteiger partial charge on any atom is -0.497 e. The molecule has 3 aromatic rings. The summed E-state index contributed by atoms with van der Waals surface area (Å²) in [5.41, 5.74) is 2.03. The van der Waals surface area contributed by atoms with E-state index in [4.69, 9.17) is 16.3 Å². The van der Waals surface area contributed by atoms with E-state index < -0.39 is 0 Å². The maximum absolute atomic E-state index is 6.21. The van der Waals surface area contributed by atoms with Gasteiger partial charge in [-0.1, -0.05) is 53.3 Å². The van der Waals surface area contributed by atoms with Gasteiger partial charge in [-0.05, 0) is 11.6 Å². The van der Waals surface area contributed by atoms with E-state index in [1.54, 1.807) is 24.5 Å². The Labute approximate surface area is 126 Å². The Kier molecular flexibility index (Phi) is 3.76. The van der Waals surface area contributed by atoms with E-state index >= 15 is 0 Å². The normalized spacial score (nSPS) is 10.7. The van der Waals surface area contributed by atoms with Crippen molar-refractivity contribution in [3.05, 3.63) is 53.1 Å². The molecule has 1 heterocycles. The fourth-order valence-corrected chi connectivity index (χ4v) is 3.16. The maximum Gasteiger partial charge on any atom is 0.184 e. The number of thiazole rings is 1. The quantitative estimate of drug-likeness (QED) is 0.766. The molecule has 0 saturated carbocycles. The van der Waals surface area contributed by atoms with Gasteiger partial charge in [0.15, 0.2) is 5.13 Å². The molecule has 3 rings (SSSR count). The topological polar surface area (TPSA) is 34.1 Å². The van der Waals surface area contributed by atoms with Crippen LogP contribution in [-0.2, 0) is 6.54 Å². The van der Waals surface area contributed by atoms with Crippen LogP contribution in [0.4, 0.5) is 5.13 Å². The fraction of sp³-hybridized carbons (Fsp3) is 0.133. The molecule has 20 heavy (non-hydrogen) atoms. The number of aromatic nitrogens is 1. The third-order valence-electron chi connectivity index (χ3n) is 2.94. The zero-order valence-corrected chi connectivity index (χ0v) is 12.5. The second-order valence-corrected chi connectivity index (χ2v) is 5.75. The summed E-state index contributed by atoms with van der Waals surface area (Å²) in [5, 5.41) is 4.80. The van der Waals surface area contributed by atoms with E-state index in [2.05, 4.69) is 22.4 Å². The SMILES string of the molecule is COc1cc(Cl)c2nc(NCc3ccccc3)sc2c1. The predicted molar refractivity (Wildman–Crippen MR) is 85.0 cm³/mol. The van der Waals surface area contributed by atoms with Crippen molar-refractivity contribution in [2.24, 2.45) is 0 Å². The molecule has 0 atom stereocenters. The number of fused-ring (bicyclic) bond motifs is 1. The van der Waals surface area contributed by atoms with Gasteiger partial charge in [0.1, 0.15) is 11.3 Å². The van der Waals surface area contributed by atoms with Gasteiger partial charge >= 0.3 is 0 Å². The molecule has 3 nitrogen and oxygen atoms in total. The summed E-state index contributed by atoms with van der Waals surface area (Å²) in [6, 6.07) is 13.9. The maximum atomic E-state index is 6.21. The lowest BCUT2D eigenvalue weighted by Gasteiger charge is -2.01. The standard InChI is InChI=1S/C15H13ClN2OS/c1-19-11-7-12(16)14-13(8-11)20-15(18-14)17-9-10-5-3-2-4-6-10/h2-8H,9H2,1H3,(H,17,18). The van der Waals surface area contributed by atoms with Gasteiger partial charge in [-0.15, -0.1) is 0 Å². The Hall–Kier alpha value is -1.78. The van der Waals surface area contributed by atoms with Crippen LogP contribution in [0, 0.1) is 0 Å². The molecule has 0 saturated heterocycles. The Bertz CT molecular complexity index is 727. The number of hydrogen-bond donors (Lipinski definition) is 1. The van der Waals surface area contributed by atoms with Crippen LogP contribution < -0.4 is 10.1 Å². The highest BCUT2D eigenvalue weighted by atomic mass is 35.5. The summed E-state index contributed by atoms with van der Waals surface area (Å²) in [4.78, 5) is 4.52. The summed E-state index contributed by atoms with van der Waals surface area (Å²) in [7, 11) is 1.63. The average Bonchev–Trinajstić information content (AvgIpc) is 2.89. The van der Waals surface area contributed by atoms with Gasteiger partial charge in [0.2, 0.25) is 0 Å². The predicted octanol–water partition coefficient (Wildman–Crippen LogP) is 4.57. The first-order valence-electron chi connectivity index (χ1n) is 6.18. The Morgan fingerprint density at radius 3 is 2.80 bits per heavy atom. The molecular weight excluding hydrogens is 292 g/mol. The van der Waals surface area contributed by atoms with E-state index in [1.807, 2.05) is 24.3 Å². The van der Waals surface area contributed by atoms with Crippen LogP contribution in [0.2, 0.25) is 5.02 Å². The molecule has 5 heteroatoms. The van der Waals surface area contributed by atoms with Crippen LogP contribution in [0.25, 0.3) is 10.2 Å². The number of ether oxygens (including phenoxy) is 1. The molecule has 0 aliphatic heterocycles. The van der Waals surface area contributed by atoms with Gasteiger partial charge < -0.3 is 10.1 Å². The van der Waals surface area contributed by atoms with E-state index in [0.29, 0.717) is 5.02 Å². The van der Waals surface area contributed by atoms with Crippen molar-refractivity contribution in [3.8, 4) is 5.75 Å². The summed E-state index contributed by atoms with van der Waals surface area (Å²) >= 11 is 7.78. The van der Waals surface area contributed by atoms with Crippen molar-refractivity contribution < 1.29 is 4.74 Å². The number of methoxy groups -OCH3 is 1. The van der Waals surface area contributed by atoms with E-state index in [1.165, 1.54) is 5.56 Å². The van der Waals surface area contributed by atoms with Gasteiger partial charge in [0.05, 0.1) is 16.8 Å². The van der Waals surface area contributed by atoms with Crippen molar-refractivity contribution >= 4 is 38.3 Å². The van der Waals surface area contributed by atoms with Gasteiger partial charge in [-0.3, -0.25) is 0 Å². The smallest absolute Gasteiger partial charge is 0.184 e. The second kappa shape index (κ2) is 5.69. The fourth-order valence-electron chi connectivity index (χ4n) is 1.93. The zero-order chi connectivity index (χ0) is 13.9. The average molecular weight is 305 g/mol. The Morgan fingerprint density at radius 1 is 1.25 bits per heavy atom. The lowest BCUT2D eigenvalue weighted by Crippen LogP contribution is -1.97. The molecule has 1 N–H and O–H groups in total. The van der Waals surface area contributed by atoms with Gasteiger partial charge in [0.25, 0.3) is 0 Å². The van der Waals surface area contributed by atoms with Crippen molar-refractivity contribution in [2.75, 3.05) is 12.4 Å². The first kappa shape index (κ1) is 13.2. The summed E-state index contributed by atoms with van der Waals surface area (Å²) in [6.07, 6.45) is 0. The largest absolute Gasteiger partial charge is 0.497 e. The number of hydrogen-bond acceptors (Lipinski definition) is 4. The number of rotatable bonds is 4. The summed E-state index contributed by atoms with van der Waals surface area (Å²) in [5.74, 6) is 0.751. The Balaban J connectivity index is 1.84. The molecule has 0 aliphatic carbocycles. The highest BCUT2D eigenvalue weighted by Crippen LogP contribution is 2.34. The summed E-state index contributed by atoms with van der Waals surface area (Å²) in [6.45, 7) is 0.745. The second-order valence-electron chi connectivity index (χ2n) is 4.31. The molecule has 2 aromatic carbocycles. The summed E-state index contributed by atoms with van der Waals surface area (Å²) < 4.78 is 6.23. The van der Waals surface area contributed by atoms with Crippen LogP contribution in [0.3, 0.4) is 0 Å². The molecule has 0 bridgehead atoms. The number of nitrogens with one attached hydrogen (secondary N) is 1. The molecule has 1 aromatic heterocycles. The van der Waals surface area contributed by atoms with Crippen LogP contribution in [0.1, 0.15) is 5.56 Å². The molecule has 0 amide bonds. The zero-order valence-electron chi connectivity index (χ0n) is 10.9. The third kappa shape index (κ3) is 2.71. The van der Waals surface area contributed by atoms with Crippen molar-refractivity contribution in [1.29, 1.82) is 0 Å². The van der Waals surface area contributed by atoms with Crippen LogP contribution in [-0.4, -0.2) is 12.1 Å². The number of nitrogens with zero attached hydrogens (tertiary/aromatic N) is 1. The highest BCUT2D eigenvalue weighted by molar-refractivity contribution is 7.22. The molecule has 0 aliphatic rings. The third-order valence-corrected chi connectivity index (χ3v) is 4.19. The molecule has 0 spiro atoms. The van der Waals surface area contributed by atoms with Crippen LogP contribution in [0.15, 0.2) is 42.5 Å². The van der Waals surface area contributed by atoms with Gasteiger partial charge in [-0.25, -0.2) is 4.98 Å². The molecular formula is C15H13ClN2OS. The number of benzene rings is 2. The van der Waals surface area contributed by atoms with Crippen molar-refractivity contribution in [3.63, 3.8) is 0 Å². The molecule has 0 unspecified atom stereocenters. The van der Waals surface area contributed by atoms with Crippen molar-refractivity contribution in [1.82, 2.24) is 4.98 Å². The van der Waals surface area contributed by atoms with Gasteiger partial charge in [-0.2, -0.15) is 0 Å². The van der Waals surface area contributed by atoms with Crippen molar-refractivity contribution in [2.45, 2.75) is 6.54 Å². The number of anilines is 1. The van der Waals surface area contributed by atoms with E-state index in [-0.39, 0.29) is 0 Å². The lowest BCUT2D eigenvalue weighted by molar-refractivity contribution is 0.415.